The first-order chi connectivity index (χ1) is 8.19. The lowest BCUT2D eigenvalue weighted by Crippen LogP contribution is -2.50. The molecule has 1 fully saturated rings. The second kappa shape index (κ2) is 6.77. The molecule has 17 heavy (non-hydrogen) atoms. The first-order valence-corrected chi connectivity index (χ1v) is 5.66. The third-order valence-corrected chi connectivity index (χ3v) is 2.55. The summed E-state index contributed by atoms with van der Waals surface area (Å²) in [5, 5.41) is 24.4. The fourth-order valence-electron chi connectivity index (χ4n) is 1.50. The highest BCUT2D eigenvalue weighted by atomic mass is 16.6. The van der Waals surface area contributed by atoms with E-state index in [1.165, 1.54) is 9.91 Å². The monoisotopic (exact) mass is 245 g/mol. The zero-order valence-electron chi connectivity index (χ0n) is 9.87. The maximum Gasteiger partial charge on any atom is 0.409 e. The molecule has 0 aromatic carbocycles. The van der Waals surface area contributed by atoms with Crippen molar-refractivity contribution in [2.45, 2.75) is 19.8 Å². The maximum absolute atomic E-state index is 11.5. The van der Waals surface area contributed by atoms with Gasteiger partial charge in [-0.25, -0.2) is 4.79 Å². The Morgan fingerprint density at radius 1 is 1.41 bits per heavy atom. The highest BCUT2D eigenvalue weighted by Crippen LogP contribution is 2.04. The molecule has 1 amide bonds. The largest absolute Gasteiger partial charge is 0.737 e. The van der Waals surface area contributed by atoms with E-state index >= 15 is 0 Å². The second-order valence-electron chi connectivity index (χ2n) is 3.74. The summed E-state index contributed by atoms with van der Waals surface area (Å²) in [6.07, 6.45) is 1.45. The number of nitrogens with zero attached hydrogens (tertiary/aromatic N) is 4. The number of rotatable bonds is 4. The summed E-state index contributed by atoms with van der Waals surface area (Å²) in [7, 11) is 0. The van der Waals surface area contributed by atoms with E-state index in [0.29, 0.717) is 19.7 Å². The van der Waals surface area contributed by atoms with Crippen LogP contribution in [0.3, 0.4) is 0 Å². The van der Waals surface area contributed by atoms with E-state index in [-0.39, 0.29) is 24.2 Å². The summed E-state index contributed by atoms with van der Waals surface area (Å²) in [4.78, 5) is 13.1. The zero-order valence-corrected chi connectivity index (χ0v) is 9.87. The number of carbonyl (C=O) groups excluding carboxylic acids is 1. The minimum atomic E-state index is -0.366. The number of carbonyl (C=O) groups is 1. The fraction of sp³-hybridized carbons (Fsp3) is 0.889. The molecule has 0 bridgehead atoms. The summed E-state index contributed by atoms with van der Waals surface area (Å²) in [5.74, 6) is 0. The van der Waals surface area contributed by atoms with Gasteiger partial charge in [0.05, 0.1) is 19.7 Å². The lowest BCUT2D eigenvalue weighted by molar-refractivity contribution is -0.692. The number of hydrogen-bond donors (Lipinski definition) is 0. The Morgan fingerprint density at radius 3 is 2.59 bits per heavy atom. The Morgan fingerprint density at radius 2 is 2.06 bits per heavy atom. The summed E-state index contributed by atoms with van der Waals surface area (Å²) < 4.78 is 5.04. The van der Waals surface area contributed by atoms with Gasteiger partial charge in [-0.15, -0.1) is 5.01 Å². The van der Waals surface area contributed by atoms with E-state index in [1.54, 1.807) is 0 Å². The highest BCUT2D eigenvalue weighted by molar-refractivity contribution is 5.67. The van der Waals surface area contributed by atoms with Crippen LogP contribution in [0.15, 0.2) is 5.28 Å². The number of hydrazine groups is 1. The normalized spacial score (nSPS) is 17.1. The van der Waals surface area contributed by atoms with Crippen LogP contribution in [-0.4, -0.2) is 53.8 Å². The van der Waals surface area contributed by atoms with Crippen LogP contribution in [0, 0.1) is 10.4 Å². The molecule has 1 rings (SSSR count). The van der Waals surface area contributed by atoms with Gasteiger partial charge in [0.15, 0.2) is 0 Å². The van der Waals surface area contributed by atoms with Crippen LogP contribution in [0.5, 0.6) is 0 Å². The third kappa shape index (κ3) is 3.97. The van der Waals surface area contributed by atoms with Gasteiger partial charge in [-0.3, -0.25) is 0 Å². The van der Waals surface area contributed by atoms with E-state index in [9.17, 15) is 15.2 Å². The van der Waals surface area contributed by atoms with E-state index < -0.39 is 0 Å². The molecule has 0 N–H and O–H groups in total. The van der Waals surface area contributed by atoms with E-state index in [1.807, 2.05) is 6.92 Å². The average Bonchev–Trinajstić information content (AvgIpc) is 2.38. The summed E-state index contributed by atoms with van der Waals surface area (Å²) in [6, 6.07) is 0. The standard InChI is InChI=1S/C9H18N4O4/c1-2-3-8-17-9(14)11-4-6-12(7-5-11)13(16)10-15/h15H,2-8H2,1H3/p-1/b13-10-. The average molecular weight is 245 g/mol. The second-order valence-corrected chi connectivity index (χ2v) is 3.74. The fourth-order valence-corrected chi connectivity index (χ4v) is 1.50. The minimum Gasteiger partial charge on any atom is -0.737 e. The van der Waals surface area contributed by atoms with E-state index in [2.05, 4.69) is 5.28 Å². The van der Waals surface area contributed by atoms with Crippen LogP contribution >= 0.6 is 0 Å². The first-order valence-electron chi connectivity index (χ1n) is 5.66. The van der Waals surface area contributed by atoms with Gasteiger partial charge in [-0.1, -0.05) is 13.3 Å². The molecule has 0 aromatic rings. The SMILES string of the molecule is CCCCOC(=O)N1CCN(/[N+]([O-])=N/[O-])CC1. The van der Waals surface area contributed by atoms with Crippen molar-refractivity contribution in [3.63, 3.8) is 0 Å². The molecule has 98 valence electrons. The van der Waals surface area contributed by atoms with Crippen LogP contribution in [0.25, 0.3) is 0 Å². The molecule has 0 spiro atoms. The van der Waals surface area contributed by atoms with Gasteiger partial charge in [0, 0.05) is 18.1 Å². The van der Waals surface area contributed by atoms with Gasteiger partial charge < -0.3 is 20.1 Å². The number of amides is 1. The van der Waals surface area contributed by atoms with Gasteiger partial charge in [-0.2, -0.15) is 0 Å². The molecule has 1 aliphatic heterocycles. The van der Waals surface area contributed by atoms with Gasteiger partial charge in [0.25, 0.3) is 0 Å². The molecule has 1 aliphatic rings. The van der Waals surface area contributed by atoms with Crippen molar-refractivity contribution in [3.05, 3.63) is 10.4 Å². The third-order valence-electron chi connectivity index (χ3n) is 2.55. The van der Waals surface area contributed by atoms with Crippen molar-refractivity contribution >= 4 is 6.09 Å². The van der Waals surface area contributed by atoms with Gasteiger partial charge in [0.1, 0.15) is 0 Å². The molecular weight excluding hydrogens is 228 g/mol. The van der Waals surface area contributed by atoms with Crippen molar-refractivity contribution in [3.8, 4) is 0 Å². The van der Waals surface area contributed by atoms with Crippen LogP contribution in [-0.2, 0) is 4.74 Å². The van der Waals surface area contributed by atoms with Crippen molar-refractivity contribution in [2.24, 2.45) is 5.28 Å². The van der Waals surface area contributed by atoms with Crippen molar-refractivity contribution in [1.29, 1.82) is 0 Å². The van der Waals surface area contributed by atoms with Crippen LogP contribution in [0.1, 0.15) is 19.8 Å². The molecule has 0 aromatic heterocycles. The predicted octanol–water partition coefficient (Wildman–Crippen LogP) is 0.916. The highest BCUT2D eigenvalue weighted by Gasteiger charge is 2.25. The Kier molecular flexibility index (Phi) is 5.31. The van der Waals surface area contributed by atoms with Crippen molar-refractivity contribution in [1.82, 2.24) is 9.91 Å². The van der Waals surface area contributed by atoms with Gasteiger partial charge >= 0.3 is 6.09 Å². The number of piperazine rings is 1. The lowest BCUT2D eigenvalue weighted by Gasteiger charge is -2.31. The number of unbranched alkanes of at least 4 members (excludes halogenated alkanes) is 1. The molecular formula is C9H17N4O4-. The molecule has 8 nitrogen and oxygen atoms in total. The molecule has 0 saturated carbocycles. The van der Waals surface area contributed by atoms with Crippen molar-refractivity contribution < 1.29 is 14.5 Å². The van der Waals surface area contributed by atoms with Crippen LogP contribution < -0.4 is 0 Å². The molecule has 1 heterocycles. The van der Waals surface area contributed by atoms with Crippen LogP contribution in [0.4, 0.5) is 4.79 Å². The summed E-state index contributed by atoms with van der Waals surface area (Å²) in [6.45, 7) is 3.73. The van der Waals surface area contributed by atoms with Crippen LogP contribution in [0.2, 0.25) is 0 Å². The Balaban J connectivity index is 2.29. The molecule has 1 saturated heterocycles. The molecule has 0 atom stereocenters. The number of ether oxygens (including phenoxy) is 1. The Labute approximate surface area is 99.6 Å². The Bertz CT molecular complexity index is 276. The Hall–Kier alpha value is -1.73. The topological polar surface area (TPSA) is 94.3 Å². The quantitative estimate of drug-likeness (QED) is 0.317. The lowest BCUT2D eigenvalue weighted by atomic mass is 10.3. The smallest absolute Gasteiger partial charge is 0.409 e. The van der Waals surface area contributed by atoms with Gasteiger partial charge in [0.2, 0.25) is 0 Å². The summed E-state index contributed by atoms with van der Waals surface area (Å²) in [5.41, 5.74) is 0. The minimum absolute atomic E-state index is 0.0136. The molecule has 0 radical (unpaired) electrons. The maximum atomic E-state index is 11.5. The van der Waals surface area contributed by atoms with E-state index in [4.69, 9.17) is 4.74 Å². The van der Waals surface area contributed by atoms with E-state index in [0.717, 1.165) is 12.8 Å². The molecule has 0 unspecified atom stereocenters. The molecule has 0 aliphatic carbocycles. The molecule has 8 heteroatoms. The predicted molar refractivity (Wildman–Crippen MR) is 58.8 cm³/mol. The van der Waals surface area contributed by atoms with Crippen molar-refractivity contribution in [2.75, 3.05) is 32.8 Å². The zero-order chi connectivity index (χ0) is 12.7. The first kappa shape index (κ1) is 13.3. The van der Waals surface area contributed by atoms with Gasteiger partial charge in [-0.05, 0) is 11.7 Å². The summed E-state index contributed by atoms with van der Waals surface area (Å²) >= 11 is 0. The number of hydrogen-bond acceptors (Lipinski definition) is 5.